The van der Waals surface area contributed by atoms with Gasteiger partial charge in [-0.1, -0.05) is 13.8 Å². The Morgan fingerprint density at radius 1 is 1.24 bits per heavy atom. The highest BCUT2D eigenvalue weighted by molar-refractivity contribution is 9.13. The Bertz CT molecular complexity index is 423. The molecule has 1 aromatic rings. The van der Waals surface area contributed by atoms with E-state index in [4.69, 9.17) is 4.42 Å². The number of hydrogen-bond acceptors (Lipinski definition) is 4. The maximum atomic E-state index is 5.60. The van der Waals surface area contributed by atoms with E-state index in [9.17, 15) is 0 Å². The van der Waals surface area contributed by atoms with Crippen LogP contribution in [0.15, 0.2) is 19.6 Å². The van der Waals surface area contributed by atoms with E-state index in [1.807, 2.05) is 6.07 Å². The molecule has 0 bridgehead atoms. The molecule has 1 saturated heterocycles. The van der Waals surface area contributed by atoms with Crippen molar-refractivity contribution in [1.29, 1.82) is 0 Å². The fourth-order valence-corrected chi connectivity index (χ4v) is 3.42. The van der Waals surface area contributed by atoms with Gasteiger partial charge in [0.15, 0.2) is 4.67 Å². The normalized spacial score (nSPS) is 19.3. The minimum atomic E-state index is 0.584. The Morgan fingerprint density at radius 2 is 1.90 bits per heavy atom. The van der Waals surface area contributed by atoms with E-state index in [2.05, 4.69) is 67.9 Å². The van der Waals surface area contributed by atoms with Crippen molar-refractivity contribution in [2.45, 2.75) is 26.4 Å². The fraction of sp³-hybridized carbons (Fsp3) is 0.733. The minimum Gasteiger partial charge on any atom is -0.452 e. The van der Waals surface area contributed by atoms with Gasteiger partial charge < -0.3 is 14.6 Å². The summed E-state index contributed by atoms with van der Waals surface area (Å²) in [6.07, 6.45) is 0. The zero-order valence-electron chi connectivity index (χ0n) is 13.0. The summed E-state index contributed by atoms with van der Waals surface area (Å²) in [5.41, 5.74) is 0. The molecule has 1 fully saturated rings. The van der Waals surface area contributed by atoms with Gasteiger partial charge in [0, 0.05) is 38.8 Å². The Labute approximate surface area is 144 Å². The van der Waals surface area contributed by atoms with E-state index >= 15 is 0 Å². The third kappa shape index (κ3) is 5.06. The zero-order valence-corrected chi connectivity index (χ0v) is 16.2. The van der Waals surface area contributed by atoms with E-state index in [1.54, 1.807) is 0 Å². The van der Waals surface area contributed by atoms with Crippen molar-refractivity contribution in [2.24, 2.45) is 5.92 Å². The molecule has 1 atom stereocenters. The van der Waals surface area contributed by atoms with Gasteiger partial charge in [0.25, 0.3) is 0 Å². The second kappa shape index (κ2) is 8.11. The van der Waals surface area contributed by atoms with Crippen molar-refractivity contribution in [1.82, 2.24) is 15.1 Å². The topological polar surface area (TPSA) is 31.7 Å². The van der Waals surface area contributed by atoms with Crippen molar-refractivity contribution in [3.8, 4) is 0 Å². The van der Waals surface area contributed by atoms with E-state index in [0.717, 1.165) is 28.0 Å². The molecule has 120 valence electrons. The standard InChI is InChI=1S/C15H25Br2N3O/c1-11(2)14(20-6-4-19(3)5-7-20)10-18-9-12-8-13(16)15(17)21-12/h8,11,14,18H,4-7,9-10H2,1-3H3. The fourth-order valence-electron chi connectivity index (χ4n) is 2.76. The third-order valence-corrected chi connectivity index (χ3v) is 5.84. The molecule has 1 aromatic heterocycles. The van der Waals surface area contributed by atoms with Crippen molar-refractivity contribution in [2.75, 3.05) is 39.8 Å². The molecule has 0 aliphatic carbocycles. The van der Waals surface area contributed by atoms with Crippen LogP contribution in [0.5, 0.6) is 0 Å². The van der Waals surface area contributed by atoms with E-state index in [1.165, 1.54) is 26.2 Å². The van der Waals surface area contributed by atoms with Crippen LogP contribution in [0.1, 0.15) is 19.6 Å². The Morgan fingerprint density at radius 3 is 2.43 bits per heavy atom. The summed E-state index contributed by atoms with van der Waals surface area (Å²) in [4.78, 5) is 5.02. The van der Waals surface area contributed by atoms with Crippen molar-refractivity contribution in [3.63, 3.8) is 0 Å². The molecule has 2 heterocycles. The lowest BCUT2D eigenvalue weighted by atomic mass is 10.0. The first-order valence-electron chi connectivity index (χ1n) is 7.54. The van der Waals surface area contributed by atoms with Gasteiger partial charge in [-0.25, -0.2) is 0 Å². The maximum absolute atomic E-state index is 5.60. The number of rotatable bonds is 6. The number of hydrogen-bond donors (Lipinski definition) is 1. The van der Waals surface area contributed by atoms with Crippen LogP contribution in [0.3, 0.4) is 0 Å². The number of likely N-dealkylation sites (N-methyl/N-ethyl adjacent to an activating group) is 1. The molecular weight excluding hydrogens is 398 g/mol. The molecule has 1 unspecified atom stereocenters. The Hall–Kier alpha value is 0.120. The predicted molar refractivity (Wildman–Crippen MR) is 93.5 cm³/mol. The van der Waals surface area contributed by atoms with Crippen LogP contribution in [0.2, 0.25) is 0 Å². The van der Waals surface area contributed by atoms with Crippen LogP contribution in [0.4, 0.5) is 0 Å². The van der Waals surface area contributed by atoms with Gasteiger partial charge in [0.1, 0.15) is 5.76 Å². The Kier molecular flexibility index (Phi) is 6.75. The second-order valence-corrected chi connectivity index (χ2v) is 7.69. The first kappa shape index (κ1) is 17.5. The van der Waals surface area contributed by atoms with E-state index < -0.39 is 0 Å². The molecule has 0 radical (unpaired) electrons. The number of nitrogens with one attached hydrogen (secondary N) is 1. The average Bonchev–Trinajstić information content (AvgIpc) is 2.75. The smallest absolute Gasteiger partial charge is 0.183 e. The highest BCUT2D eigenvalue weighted by atomic mass is 79.9. The molecule has 0 spiro atoms. The first-order chi connectivity index (χ1) is 9.97. The molecule has 1 aliphatic rings. The first-order valence-corrected chi connectivity index (χ1v) is 9.13. The molecule has 0 aromatic carbocycles. The van der Waals surface area contributed by atoms with E-state index in [0.29, 0.717) is 12.0 Å². The predicted octanol–water partition coefficient (Wildman–Crippen LogP) is 3.17. The molecule has 1 aliphatic heterocycles. The van der Waals surface area contributed by atoms with Gasteiger partial charge in [0.05, 0.1) is 11.0 Å². The van der Waals surface area contributed by atoms with Gasteiger partial charge >= 0.3 is 0 Å². The van der Waals surface area contributed by atoms with Gasteiger partial charge in [-0.05, 0) is 50.9 Å². The number of piperazine rings is 1. The Balaban J connectivity index is 1.82. The summed E-state index contributed by atoms with van der Waals surface area (Å²) in [7, 11) is 2.20. The highest BCUT2D eigenvalue weighted by Crippen LogP contribution is 2.26. The number of nitrogens with zero attached hydrogens (tertiary/aromatic N) is 2. The second-order valence-electron chi connectivity index (χ2n) is 6.12. The van der Waals surface area contributed by atoms with Crippen LogP contribution in [-0.4, -0.2) is 55.6 Å². The number of furan rings is 1. The molecular formula is C15H25Br2N3O. The van der Waals surface area contributed by atoms with Crippen molar-refractivity contribution >= 4 is 31.9 Å². The van der Waals surface area contributed by atoms with Gasteiger partial charge in [0.2, 0.25) is 0 Å². The molecule has 0 amide bonds. The summed E-state index contributed by atoms with van der Waals surface area (Å²) in [6.45, 7) is 11.0. The molecule has 1 N–H and O–H groups in total. The van der Waals surface area contributed by atoms with Crippen LogP contribution in [0.25, 0.3) is 0 Å². The van der Waals surface area contributed by atoms with Crippen LogP contribution < -0.4 is 5.32 Å². The summed E-state index contributed by atoms with van der Waals surface area (Å²) >= 11 is 6.82. The van der Waals surface area contributed by atoms with Crippen molar-refractivity contribution < 1.29 is 4.42 Å². The summed E-state index contributed by atoms with van der Waals surface area (Å²) in [6, 6.07) is 2.60. The number of halogens is 2. The lowest BCUT2D eigenvalue weighted by Crippen LogP contribution is -2.53. The maximum Gasteiger partial charge on any atom is 0.183 e. The molecule has 0 saturated carbocycles. The highest BCUT2D eigenvalue weighted by Gasteiger charge is 2.24. The molecule has 6 heteroatoms. The third-order valence-electron chi connectivity index (χ3n) is 4.13. The quantitative estimate of drug-likeness (QED) is 0.762. The summed E-state index contributed by atoms with van der Waals surface area (Å²) in [5.74, 6) is 1.60. The average molecular weight is 423 g/mol. The monoisotopic (exact) mass is 421 g/mol. The SMILES string of the molecule is CC(C)C(CNCc1cc(Br)c(Br)o1)N1CCN(C)CC1. The van der Waals surface area contributed by atoms with Crippen LogP contribution >= 0.6 is 31.9 Å². The minimum absolute atomic E-state index is 0.584. The summed E-state index contributed by atoms with van der Waals surface area (Å²) < 4.78 is 7.34. The molecule has 4 nitrogen and oxygen atoms in total. The van der Waals surface area contributed by atoms with Crippen LogP contribution in [0, 0.1) is 5.92 Å². The summed E-state index contributed by atoms with van der Waals surface area (Å²) in [5, 5.41) is 3.54. The van der Waals surface area contributed by atoms with Gasteiger partial charge in [-0.2, -0.15) is 0 Å². The van der Waals surface area contributed by atoms with E-state index in [-0.39, 0.29) is 0 Å². The van der Waals surface area contributed by atoms with Gasteiger partial charge in [-0.3, -0.25) is 4.90 Å². The largest absolute Gasteiger partial charge is 0.452 e. The van der Waals surface area contributed by atoms with Gasteiger partial charge in [-0.15, -0.1) is 0 Å². The lowest BCUT2D eigenvalue weighted by molar-refractivity contribution is 0.0872. The zero-order chi connectivity index (χ0) is 15.4. The van der Waals surface area contributed by atoms with Crippen LogP contribution in [-0.2, 0) is 6.54 Å². The molecule has 2 rings (SSSR count). The molecule has 21 heavy (non-hydrogen) atoms. The van der Waals surface area contributed by atoms with Crippen molar-refractivity contribution in [3.05, 3.63) is 21.0 Å². The lowest BCUT2D eigenvalue weighted by Gasteiger charge is -2.40.